The number of aromatic nitrogens is 1. The van der Waals surface area contributed by atoms with E-state index >= 15 is 0 Å². The van der Waals surface area contributed by atoms with E-state index < -0.39 is 30.4 Å². The first kappa shape index (κ1) is 27.9. The highest BCUT2D eigenvalue weighted by atomic mass is 19.3. The van der Waals surface area contributed by atoms with Crippen molar-refractivity contribution in [3.8, 4) is 5.88 Å². The normalized spacial score (nSPS) is 16.1. The van der Waals surface area contributed by atoms with Crippen molar-refractivity contribution in [3.63, 3.8) is 0 Å². The fraction of sp³-hybridized carbons (Fsp3) is 0.448. The van der Waals surface area contributed by atoms with Gasteiger partial charge in [-0.2, -0.15) is 8.78 Å². The third-order valence-corrected chi connectivity index (χ3v) is 6.73. The van der Waals surface area contributed by atoms with E-state index in [-0.39, 0.29) is 24.9 Å². The molecule has 0 bridgehead atoms. The van der Waals surface area contributed by atoms with Crippen molar-refractivity contribution in [1.29, 1.82) is 0 Å². The van der Waals surface area contributed by atoms with Crippen LogP contribution in [0.4, 0.5) is 13.2 Å². The summed E-state index contributed by atoms with van der Waals surface area (Å²) in [6.45, 7) is 5.54. The lowest BCUT2D eigenvalue weighted by Gasteiger charge is -2.30. The molecule has 38 heavy (non-hydrogen) atoms. The molecule has 4 rings (SSSR count). The number of aryl methyl sites for hydroxylation is 1. The Hall–Kier alpha value is -3.17. The Morgan fingerprint density at radius 1 is 1.11 bits per heavy atom. The summed E-state index contributed by atoms with van der Waals surface area (Å²) < 4.78 is 48.9. The number of halogens is 3. The molecule has 3 aromatic rings. The van der Waals surface area contributed by atoms with Gasteiger partial charge in [0.2, 0.25) is 5.88 Å². The number of nitrogens with zero attached hydrogens (tertiary/aromatic N) is 2. The maximum Gasteiger partial charge on any atom is 0.324 e. The summed E-state index contributed by atoms with van der Waals surface area (Å²) in [4.78, 5) is 19.0. The number of alkyl halides is 2. The van der Waals surface area contributed by atoms with E-state index in [9.17, 15) is 23.1 Å². The van der Waals surface area contributed by atoms with Crippen LogP contribution in [0.15, 0.2) is 54.7 Å². The minimum absolute atomic E-state index is 0.0334. The van der Waals surface area contributed by atoms with Gasteiger partial charge in [0.1, 0.15) is 11.9 Å². The van der Waals surface area contributed by atoms with Crippen LogP contribution in [-0.4, -0.2) is 58.6 Å². The first-order valence-corrected chi connectivity index (χ1v) is 13.0. The van der Waals surface area contributed by atoms with E-state index in [2.05, 4.69) is 10.3 Å². The van der Waals surface area contributed by atoms with Crippen molar-refractivity contribution < 1.29 is 27.8 Å². The molecule has 6 nitrogen and oxygen atoms in total. The fourth-order valence-electron chi connectivity index (χ4n) is 4.69. The van der Waals surface area contributed by atoms with E-state index in [0.29, 0.717) is 22.4 Å². The number of fused-ring (bicyclic) bond motifs is 1. The summed E-state index contributed by atoms with van der Waals surface area (Å²) in [6, 6.07) is 11.7. The zero-order valence-electron chi connectivity index (χ0n) is 21.7. The highest BCUT2D eigenvalue weighted by Crippen LogP contribution is 2.26. The first-order chi connectivity index (χ1) is 18.1. The largest absolute Gasteiger partial charge is 0.475 e. The van der Waals surface area contributed by atoms with Gasteiger partial charge >= 0.3 is 5.92 Å². The second-order valence-corrected chi connectivity index (χ2v) is 10.2. The molecule has 9 heteroatoms. The van der Waals surface area contributed by atoms with E-state index in [1.54, 1.807) is 36.4 Å². The van der Waals surface area contributed by atoms with Gasteiger partial charge < -0.3 is 20.1 Å². The molecular weight excluding hydrogens is 495 g/mol. The highest BCUT2D eigenvalue weighted by molar-refractivity contribution is 5.84. The van der Waals surface area contributed by atoms with Crippen LogP contribution in [0.5, 0.6) is 5.88 Å². The Morgan fingerprint density at radius 3 is 2.50 bits per heavy atom. The molecule has 1 aromatic heterocycles. The Balaban J connectivity index is 1.43. The van der Waals surface area contributed by atoms with Crippen LogP contribution in [0.25, 0.3) is 10.8 Å². The Morgan fingerprint density at radius 2 is 1.82 bits per heavy atom. The summed E-state index contributed by atoms with van der Waals surface area (Å²) in [5.74, 6) is -5.04. The van der Waals surface area contributed by atoms with Crippen LogP contribution in [-0.2, 0) is 11.2 Å². The van der Waals surface area contributed by atoms with E-state index in [1.165, 1.54) is 18.3 Å². The van der Waals surface area contributed by atoms with E-state index in [4.69, 9.17) is 4.74 Å². The van der Waals surface area contributed by atoms with Gasteiger partial charge in [0.05, 0.1) is 12.1 Å². The van der Waals surface area contributed by atoms with Gasteiger partial charge in [-0.25, -0.2) is 9.37 Å². The van der Waals surface area contributed by atoms with Crippen LogP contribution in [0.3, 0.4) is 0 Å². The van der Waals surface area contributed by atoms with Gasteiger partial charge in [-0.1, -0.05) is 24.3 Å². The topological polar surface area (TPSA) is 74.7 Å². The zero-order valence-corrected chi connectivity index (χ0v) is 21.7. The van der Waals surface area contributed by atoms with Crippen molar-refractivity contribution in [2.24, 2.45) is 0 Å². The number of hydrogen-bond donors (Lipinski definition) is 2. The van der Waals surface area contributed by atoms with Gasteiger partial charge in [0.15, 0.2) is 0 Å². The number of carbonyl (C=O) groups excluding carboxylic acids is 1. The summed E-state index contributed by atoms with van der Waals surface area (Å²) >= 11 is 0. The summed E-state index contributed by atoms with van der Waals surface area (Å²) in [6.07, 6.45) is 1.38. The molecule has 2 N–H and O–H groups in total. The minimum Gasteiger partial charge on any atom is -0.475 e. The average Bonchev–Trinajstić information content (AvgIpc) is 3.40. The molecule has 2 atom stereocenters. The maximum atomic E-state index is 15.0. The summed E-state index contributed by atoms with van der Waals surface area (Å²) in [5.41, 5.74) is 1.03. The van der Waals surface area contributed by atoms with Gasteiger partial charge in [0.25, 0.3) is 5.91 Å². The molecule has 0 saturated carbocycles. The SMILES string of the molecule is CC(C)Oc1ccc(C(O)C(CN2CCCC2)NC(=O)C(F)(F)CCc2ccc3cc(F)ccc3c2)cn1. The summed E-state index contributed by atoms with van der Waals surface area (Å²) in [5, 5.41) is 14.9. The predicted octanol–water partition coefficient (Wildman–Crippen LogP) is 5.04. The molecule has 1 fully saturated rings. The van der Waals surface area contributed by atoms with Crippen LogP contribution in [0, 0.1) is 5.82 Å². The molecule has 2 aromatic carbocycles. The quantitative estimate of drug-likeness (QED) is 0.364. The van der Waals surface area contributed by atoms with Crippen LogP contribution in [0.1, 0.15) is 50.3 Å². The average molecular weight is 530 g/mol. The van der Waals surface area contributed by atoms with Crippen LogP contribution >= 0.6 is 0 Å². The third kappa shape index (κ3) is 7.23. The number of carbonyl (C=O) groups is 1. The second-order valence-electron chi connectivity index (χ2n) is 10.2. The monoisotopic (exact) mass is 529 g/mol. The van der Waals surface area contributed by atoms with Crippen molar-refractivity contribution >= 4 is 16.7 Å². The molecule has 1 saturated heterocycles. The lowest BCUT2D eigenvalue weighted by molar-refractivity contribution is -0.148. The third-order valence-electron chi connectivity index (χ3n) is 6.73. The number of aliphatic hydroxyl groups is 1. The van der Waals surface area contributed by atoms with Crippen LogP contribution in [0.2, 0.25) is 0 Å². The van der Waals surface area contributed by atoms with Crippen molar-refractivity contribution in [2.75, 3.05) is 19.6 Å². The number of likely N-dealkylation sites (tertiary alicyclic amines) is 1. The standard InChI is InChI=1S/C29H34F3N3O3/c1-19(2)38-26-10-8-23(17-33-26)27(36)25(18-35-13-3-4-14-35)34-28(37)29(31,32)12-11-20-5-6-22-16-24(30)9-7-21(22)15-20/h5-10,15-17,19,25,27,36H,3-4,11-14,18H2,1-2H3,(H,34,37). The number of pyridine rings is 1. The molecule has 2 heterocycles. The summed E-state index contributed by atoms with van der Waals surface area (Å²) in [7, 11) is 0. The fourth-order valence-corrected chi connectivity index (χ4v) is 4.69. The Labute approximate surface area is 220 Å². The first-order valence-electron chi connectivity index (χ1n) is 13.0. The predicted molar refractivity (Wildman–Crippen MR) is 140 cm³/mol. The molecule has 204 valence electrons. The van der Waals surface area contributed by atoms with Crippen molar-refractivity contribution in [2.45, 2.75) is 63.7 Å². The zero-order chi connectivity index (χ0) is 27.3. The van der Waals surface area contributed by atoms with Gasteiger partial charge in [-0.15, -0.1) is 0 Å². The number of ether oxygens (including phenoxy) is 1. The van der Waals surface area contributed by atoms with E-state index in [0.717, 1.165) is 31.3 Å². The molecule has 2 unspecified atom stereocenters. The molecular formula is C29H34F3N3O3. The number of nitrogens with one attached hydrogen (secondary N) is 1. The number of rotatable bonds is 11. The highest BCUT2D eigenvalue weighted by Gasteiger charge is 2.40. The molecule has 0 aliphatic carbocycles. The van der Waals surface area contributed by atoms with Gasteiger partial charge in [0, 0.05) is 30.8 Å². The maximum absolute atomic E-state index is 15.0. The lowest BCUT2D eigenvalue weighted by atomic mass is 10.0. The Kier molecular flexibility index (Phi) is 8.89. The second kappa shape index (κ2) is 12.1. The minimum atomic E-state index is -3.64. The lowest BCUT2D eigenvalue weighted by Crippen LogP contribution is -2.51. The number of aliphatic hydroxyl groups excluding tert-OH is 1. The number of amides is 1. The van der Waals surface area contributed by atoms with E-state index in [1.807, 2.05) is 18.7 Å². The molecule has 0 radical (unpaired) electrons. The van der Waals surface area contributed by atoms with Crippen LogP contribution < -0.4 is 10.1 Å². The van der Waals surface area contributed by atoms with Gasteiger partial charge in [-0.3, -0.25) is 4.79 Å². The van der Waals surface area contributed by atoms with Gasteiger partial charge in [-0.05, 0) is 80.7 Å². The molecule has 1 aliphatic rings. The molecule has 1 amide bonds. The number of benzene rings is 2. The van der Waals surface area contributed by atoms with Crippen molar-refractivity contribution in [1.82, 2.24) is 15.2 Å². The van der Waals surface area contributed by atoms with Crippen molar-refractivity contribution in [3.05, 3.63) is 71.7 Å². The molecule has 0 spiro atoms. The smallest absolute Gasteiger partial charge is 0.324 e. The Bertz CT molecular complexity index is 1230. The molecule has 1 aliphatic heterocycles. The number of hydrogen-bond acceptors (Lipinski definition) is 5.